The van der Waals surface area contributed by atoms with Gasteiger partial charge in [0.1, 0.15) is 51.7 Å². The zero-order valence-electron chi connectivity index (χ0n) is 43.8. The fourth-order valence-corrected chi connectivity index (χ4v) is 11.8. The number of thiazole rings is 2. The number of para-hydroxylation sites is 2. The molecule has 0 amide bonds. The number of nitrogens with one attached hydrogen (secondary N) is 1. The summed E-state index contributed by atoms with van der Waals surface area (Å²) in [7, 11) is 4.25. The molecule has 2 saturated carbocycles. The van der Waals surface area contributed by atoms with Crippen LogP contribution in [0, 0.1) is 11.6 Å². The van der Waals surface area contributed by atoms with Gasteiger partial charge >= 0.3 is 18.3 Å². The van der Waals surface area contributed by atoms with Crippen molar-refractivity contribution in [1.29, 1.82) is 0 Å². The number of ether oxygens (including phenoxy) is 4. The number of rotatable bonds is 15. The summed E-state index contributed by atoms with van der Waals surface area (Å²) in [5, 5.41) is 13.2. The van der Waals surface area contributed by atoms with E-state index in [1.165, 1.54) is 72.8 Å². The lowest BCUT2D eigenvalue weighted by atomic mass is 10.0. The average Bonchev–Trinajstić information content (AvgIpc) is 4.13. The van der Waals surface area contributed by atoms with Crippen molar-refractivity contribution in [2.75, 3.05) is 90.0 Å². The molecule has 12 rings (SSSR count). The number of carbonyl (C=O) groups is 3. The van der Waals surface area contributed by atoms with Gasteiger partial charge in [-0.1, -0.05) is 79.5 Å². The standard InChI is InChI=1S/C28H29FN4O4S.C15H12F3NO3.C13H14FN3O2S.3CH4/c1-35-22-6-4-3-5-19(22)24-20(26(37-31-24)17-7-8-17)9-10-32-11-13-33(14-12-32)28-30-25-21(29)15-18(27(34)36-2)16-23(25)38-28;16-15(17,18)21-12-4-2-1-3-10(12)13-11(7-8-20)14(22-19-13)9-5-6-9;1-19-12(18)8-6-9(14)11-10(7-8)20-13(16-11)17-4-2-15-3-5-17;;;/h3-6,15-17H,7-14H2,1-2H3;1-4,8-9H,5-7H2;6-7,15H,2-5H2,1H3;3*1H4. The molecule has 0 spiro atoms. The summed E-state index contributed by atoms with van der Waals surface area (Å²) >= 11 is 2.80. The number of benzene rings is 4. The minimum absolute atomic E-state index is 0. The smallest absolute Gasteiger partial charge is 0.496 e. The molecule has 8 aromatic rings. The van der Waals surface area contributed by atoms with Crippen molar-refractivity contribution in [2.45, 2.75) is 79.0 Å². The summed E-state index contributed by atoms with van der Waals surface area (Å²) < 4.78 is 97.6. The molecule has 0 bridgehead atoms. The third-order valence-corrected chi connectivity index (χ3v) is 16.1. The Bertz CT molecular complexity index is 3510. The van der Waals surface area contributed by atoms with Gasteiger partial charge in [-0.05, 0) is 80.6 Å². The van der Waals surface area contributed by atoms with Crippen molar-refractivity contribution in [1.82, 2.24) is 30.5 Å². The third-order valence-electron chi connectivity index (χ3n) is 14.0. The van der Waals surface area contributed by atoms with Crippen LogP contribution in [0.15, 0.2) is 81.8 Å². The second-order valence-electron chi connectivity index (χ2n) is 19.3. The Balaban J connectivity index is 0.000000189. The summed E-state index contributed by atoms with van der Waals surface area (Å²) in [6, 6.07) is 19.3. The van der Waals surface area contributed by atoms with Gasteiger partial charge in [-0.25, -0.2) is 28.3 Å². The van der Waals surface area contributed by atoms with Crippen LogP contribution < -0.4 is 24.6 Å². The van der Waals surface area contributed by atoms with Crippen LogP contribution in [-0.2, 0) is 27.1 Å². The van der Waals surface area contributed by atoms with Crippen LogP contribution in [0.5, 0.6) is 11.5 Å². The highest BCUT2D eigenvalue weighted by atomic mass is 32.1. The molecule has 4 aliphatic rings. The average molecular weight is 1190 g/mol. The maximum absolute atomic E-state index is 14.6. The molecule has 2 aliphatic carbocycles. The zero-order valence-corrected chi connectivity index (χ0v) is 45.4. The zero-order chi connectivity index (χ0) is 56.1. The molecule has 0 unspecified atom stereocenters. The van der Waals surface area contributed by atoms with Crippen LogP contribution in [0.4, 0.5) is 32.2 Å². The van der Waals surface area contributed by atoms with Crippen molar-refractivity contribution in [3.63, 3.8) is 0 Å². The summed E-state index contributed by atoms with van der Waals surface area (Å²) in [5.74, 6) is 0.626. The number of methoxy groups -OCH3 is 3. The van der Waals surface area contributed by atoms with Gasteiger partial charge in [0.2, 0.25) is 0 Å². The molecule has 4 aromatic carbocycles. The highest BCUT2D eigenvalue weighted by molar-refractivity contribution is 7.22. The van der Waals surface area contributed by atoms with Gasteiger partial charge in [0, 0.05) is 99.4 Å². The number of hydrogen-bond donors (Lipinski definition) is 1. The van der Waals surface area contributed by atoms with E-state index in [4.69, 9.17) is 18.5 Å². The van der Waals surface area contributed by atoms with Crippen molar-refractivity contribution < 1.29 is 64.3 Å². The second-order valence-corrected chi connectivity index (χ2v) is 21.3. The number of alkyl halides is 3. The molecular weight excluding hydrogens is 1120 g/mol. The Kier molecular flexibility index (Phi) is 21.0. The molecule has 24 heteroatoms. The van der Waals surface area contributed by atoms with Gasteiger partial charge in [-0.3, -0.25) is 4.90 Å². The van der Waals surface area contributed by atoms with Crippen molar-refractivity contribution in [3.05, 3.63) is 118 Å². The highest BCUT2D eigenvalue weighted by Gasteiger charge is 2.36. The molecule has 2 aliphatic heterocycles. The van der Waals surface area contributed by atoms with E-state index in [0.717, 1.165) is 124 Å². The Labute approximate surface area is 485 Å². The lowest BCUT2D eigenvalue weighted by Gasteiger charge is -2.34. The van der Waals surface area contributed by atoms with Crippen LogP contribution in [-0.4, -0.2) is 130 Å². The van der Waals surface area contributed by atoms with E-state index in [-0.39, 0.29) is 62.8 Å². The van der Waals surface area contributed by atoms with Crippen LogP contribution >= 0.6 is 22.7 Å². The predicted molar refractivity (Wildman–Crippen MR) is 310 cm³/mol. The molecule has 4 aromatic heterocycles. The molecular formula is C59H67F5N8O9S2. The number of hydrogen-bond acceptors (Lipinski definition) is 19. The van der Waals surface area contributed by atoms with Crippen LogP contribution in [0.1, 0.15) is 103 Å². The third kappa shape index (κ3) is 14.6. The Morgan fingerprint density at radius 1 is 0.675 bits per heavy atom. The molecule has 1 N–H and O–H groups in total. The van der Waals surface area contributed by atoms with Gasteiger partial charge < -0.3 is 47.9 Å². The van der Waals surface area contributed by atoms with Gasteiger partial charge in [-0.15, -0.1) is 13.2 Å². The maximum Gasteiger partial charge on any atom is 0.573 e. The van der Waals surface area contributed by atoms with E-state index in [2.05, 4.69) is 49.8 Å². The van der Waals surface area contributed by atoms with E-state index in [1.54, 1.807) is 25.3 Å². The number of nitrogens with zero attached hydrogens (tertiary/aromatic N) is 7. The SMILES string of the molecule is C.C.C.COC(=O)c1cc(F)c2nc(N3CCN(CCc4c(-c5ccccc5OC)noc4C4CC4)CC3)sc2c1.COC(=O)c1cc(F)c2nc(N3CCNCC3)sc2c1.O=CCc1c(-c2ccccc2OC(F)(F)F)noc1C1CC1. The topological polar surface area (TPSA) is 188 Å². The van der Waals surface area contributed by atoms with Crippen LogP contribution in [0.25, 0.3) is 42.9 Å². The Hall–Kier alpha value is -7.54. The number of piperazine rings is 2. The number of carbonyl (C=O) groups excluding carboxylic acids is 3. The van der Waals surface area contributed by atoms with Crippen LogP contribution in [0.2, 0.25) is 0 Å². The largest absolute Gasteiger partial charge is 0.573 e. The first kappa shape index (κ1) is 63.0. The summed E-state index contributed by atoms with van der Waals surface area (Å²) in [6.45, 7) is 7.73. The number of anilines is 2. The fourth-order valence-electron chi connectivity index (χ4n) is 9.62. The molecule has 17 nitrogen and oxygen atoms in total. The van der Waals surface area contributed by atoms with E-state index in [1.807, 2.05) is 24.3 Å². The van der Waals surface area contributed by atoms with Crippen molar-refractivity contribution >= 4 is 71.6 Å². The normalized spacial score (nSPS) is 15.1. The van der Waals surface area contributed by atoms with Gasteiger partial charge in [-0.2, -0.15) is 0 Å². The maximum atomic E-state index is 14.6. The Morgan fingerprint density at radius 3 is 1.63 bits per heavy atom. The lowest BCUT2D eigenvalue weighted by Crippen LogP contribution is -2.47. The predicted octanol–water partition coefficient (Wildman–Crippen LogP) is 12.5. The number of aldehydes is 1. The number of esters is 2. The van der Waals surface area contributed by atoms with Crippen molar-refractivity contribution in [2.24, 2.45) is 0 Å². The molecule has 0 radical (unpaired) electrons. The summed E-state index contributed by atoms with van der Waals surface area (Å²) in [4.78, 5) is 49.9. The number of aromatic nitrogens is 4. The monoisotopic (exact) mass is 1190 g/mol. The van der Waals surface area contributed by atoms with Crippen molar-refractivity contribution in [3.8, 4) is 34.0 Å². The van der Waals surface area contributed by atoms with Crippen LogP contribution in [0.3, 0.4) is 0 Å². The number of fused-ring (bicyclic) bond motifs is 2. The molecule has 444 valence electrons. The summed E-state index contributed by atoms with van der Waals surface area (Å²) in [5.41, 5.74) is 4.98. The van der Waals surface area contributed by atoms with E-state index < -0.39 is 29.9 Å². The first-order valence-corrected chi connectivity index (χ1v) is 27.6. The fraction of sp³-hybridized carbons (Fsp3) is 0.407. The highest BCUT2D eigenvalue weighted by Crippen LogP contribution is 2.47. The van der Waals surface area contributed by atoms with Gasteiger partial charge in [0.15, 0.2) is 21.9 Å². The molecule has 2 saturated heterocycles. The first-order chi connectivity index (χ1) is 38.7. The minimum atomic E-state index is -4.80. The molecule has 4 fully saturated rings. The Morgan fingerprint density at radius 2 is 1.14 bits per heavy atom. The number of halogens is 5. The molecule has 6 heterocycles. The molecule has 83 heavy (non-hydrogen) atoms. The second kappa shape index (κ2) is 27.7. The van der Waals surface area contributed by atoms with Gasteiger partial charge in [0.25, 0.3) is 0 Å². The lowest BCUT2D eigenvalue weighted by molar-refractivity contribution is -0.274. The first-order valence-electron chi connectivity index (χ1n) is 25.9. The van der Waals surface area contributed by atoms with Gasteiger partial charge in [0.05, 0.1) is 41.9 Å². The van der Waals surface area contributed by atoms with E-state index >= 15 is 0 Å². The molecule has 0 atom stereocenters. The quantitative estimate of drug-likeness (QED) is 0.0579. The van der Waals surface area contributed by atoms with E-state index in [9.17, 15) is 36.3 Å². The minimum Gasteiger partial charge on any atom is -0.496 e. The summed E-state index contributed by atoms with van der Waals surface area (Å²) in [6.07, 6.45) is 0.949. The van der Waals surface area contributed by atoms with E-state index in [0.29, 0.717) is 44.0 Å².